The van der Waals surface area contributed by atoms with E-state index < -0.39 is 0 Å². The molecule has 0 spiro atoms. The highest BCUT2D eigenvalue weighted by atomic mass is 16.5. The quantitative estimate of drug-likeness (QED) is 0.111. The zero-order chi connectivity index (χ0) is 44.7. The first kappa shape index (κ1) is 43.8. The lowest BCUT2D eigenvalue weighted by atomic mass is 9.91. The highest BCUT2D eigenvalue weighted by Gasteiger charge is 2.22. The second kappa shape index (κ2) is 20.6. The van der Waals surface area contributed by atoms with Crippen molar-refractivity contribution in [2.75, 3.05) is 65.9 Å². The molecule has 3 aliphatic rings. The Bertz CT molecular complexity index is 2700. The number of fused-ring (bicyclic) bond motifs is 12. The summed E-state index contributed by atoms with van der Waals surface area (Å²) in [6.45, 7) is 10.8. The molecule has 0 aromatic heterocycles. The summed E-state index contributed by atoms with van der Waals surface area (Å²) in [6.07, 6.45) is 4.48. The van der Waals surface area contributed by atoms with Gasteiger partial charge in [-0.25, -0.2) is 0 Å². The molecule has 66 heavy (non-hydrogen) atoms. The third kappa shape index (κ3) is 9.44. The molecule has 0 radical (unpaired) electrons. The maximum Gasteiger partial charge on any atom is 0.126 e. The van der Waals surface area contributed by atoms with Crippen molar-refractivity contribution in [3.05, 3.63) is 177 Å². The number of ether oxygens (including phenoxy) is 6. The van der Waals surface area contributed by atoms with E-state index in [1.165, 1.54) is 37.9 Å². The number of para-hydroxylation sites is 4. The molecule has 1 aliphatic carbocycles. The largest absolute Gasteiger partial charge is 0.493 e. The summed E-state index contributed by atoms with van der Waals surface area (Å²) in [5.41, 5.74) is 10.4. The van der Waals surface area contributed by atoms with Crippen molar-refractivity contribution in [3.8, 4) is 23.0 Å². The maximum absolute atomic E-state index is 6.89. The van der Waals surface area contributed by atoms with Gasteiger partial charge < -0.3 is 28.4 Å². The van der Waals surface area contributed by atoms with Crippen molar-refractivity contribution in [1.29, 1.82) is 0 Å². The maximum atomic E-state index is 6.89. The van der Waals surface area contributed by atoms with Crippen molar-refractivity contribution in [2.24, 2.45) is 0 Å². The van der Waals surface area contributed by atoms with E-state index in [-0.39, 0.29) is 0 Å². The molecule has 7 heteroatoms. The minimum Gasteiger partial charge on any atom is -0.493 e. The average molecular weight is 880 g/mol. The lowest BCUT2D eigenvalue weighted by Crippen LogP contribution is -2.31. The Morgan fingerprint density at radius 2 is 0.833 bits per heavy atom. The van der Waals surface area contributed by atoms with Gasteiger partial charge in [-0.15, -0.1) is 0 Å². The van der Waals surface area contributed by atoms with Gasteiger partial charge in [-0.3, -0.25) is 4.90 Å². The number of rotatable bonds is 8. The fourth-order valence-corrected chi connectivity index (χ4v) is 10.1. The minimum absolute atomic E-state index is 0.429. The molecule has 0 amide bonds. The highest BCUT2D eigenvalue weighted by molar-refractivity contribution is 6.23. The number of benzene rings is 8. The molecule has 0 unspecified atom stereocenters. The summed E-state index contributed by atoms with van der Waals surface area (Å²) in [6, 6.07) is 46.6. The summed E-state index contributed by atoms with van der Waals surface area (Å²) in [5.74, 6) is 3.70. The van der Waals surface area contributed by atoms with Crippen LogP contribution in [0.3, 0.4) is 0 Å². The Morgan fingerprint density at radius 1 is 0.424 bits per heavy atom. The zero-order valence-corrected chi connectivity index (χ0v) is 38.5. The van der Waals surface area contributed by atoms with Crippen LogP contribution in [0.25, 0.3) is 32.3 Å². The summed E-state index contributed by atoms with van der Waals surface area (Å²) in [5, 5.41) is 7.83. The molecular weight excluding hydrogens is 819 g/mol. The van der Waals surface area contributed by atoms with Gasteiger partial charge in [0.25, 0.3) is 0 Å². The SMILES string of the molecule is CCCOc1c2cccc1Cc1cccc3c1OCCOCCN(Cc1ccc4ccc5cccc6ccc1c4c56)CCOCCOc1c(cccc1Cc1cccc(c1OCCC)C3)C2. The van der Waals surface area contributed by atoms with E-state index in [4.69, 9.17) is 28.4 Å². The molecule has 11 rings (SSSR count). The van der Waals surface area contributed by atoms with Crippen LogP contribution in [0.2, 0.25) is 0 Å². The molecular formula is C59H61NO6. The summed E-state index contributed by atoms with van der Waals surface area (Å²) >= 11 is 0. The standard InChI is InChI=1S/C59H61NO6/c1-3-28-63-56-44-12-6-13-45(56)37-49-17-9-19-51-39-47-15-7-14-46(57(47)64-29-4-2)38-50-18-8-16-48(36-44)58(50)65-34-32-61-30-26-60(27-31-62-33-35-66-59(49)51)40-52-23-22-43-21-20-41-10-5-11-42-24-25-53(52)55(43)54(41)42/h5-25H,3-4,26-40H2,1-2H3. The minimum atomic E-state index is 0.429. The second-order valence-electron chi connectivity index (χ2n) is 17.8. The van der Waals surface area contributed by atoms with Gasteiger partial charge >= 0.3 is 0 Å². The van der Waals surface area contributed by atoms with Crippen molar-refractivity contribution in [1.82, 2.24) is 4.90 Å². The van der Waals surface area contributed by atoms with Crippen LogP contribution in [-0.2, 0) is 41.7 Å². The molecule has 2 heterocycles. The van der Waals surface area contributed by atoms with Crippen LogP contribution >= 0.6 is 0 Å². The molecule has 8 aromatic rings. The third-order valence-electron chi connectivity index (χ3n) is 13.2. The van der Waals surface area contributed by atoms with Crippen LogP contribution in [0.5, 0.6) is 23.0 Å². The Labute approximate surface area is 389 Å². The number of hydrogen-bond donors (Lipinski definition) is 0. The van der Waals surface area contributed by atoms with Gasteiger partial charge in [-0.05, 0) is 95.2 Å². The predicted molar refractivity (Wildman–Crippen MR) is 267 cm³/mol. The van der Waals surface area contributed by atoms with Gasteiger partial charge in [0.2, 0.25) is 0 Å². The highest BCUT2D eigenvalue weighted by Crippen LogP contribution is 2.40. The van der Waals surface area contributed by atoms with Gasteiger partial charge in [0, 0.05) is 45.3 Å². The van der Waals surface area contributed by atoms with E-state index >= 15 is 0 Å². The van der Waals surface area contributed by atoms with Crippen LogP contribution in [0.4, 0.5) is 0 Å². The Hall–Kier alpha value is -6.12. The molecule has 0 fully saturated rings. The summed E-state index contributed by atoms with van der Waals surface area (Å²) in [4.78, 5) is 2.46. The molecule has 0 saturated heterocycles. The first-order valence-electron chi connectivity index (χ1n) is 24.1. The first-order valence-corrected chi connectivity index (χ1v) is 24.1. The fourth-order valence-electron chi connectivity index (χ4n) is 10.1. The molecule has 0 atom stereocenters. The van der Waals surface area contributed by atoms with Crippen molar-refractivity contribution in [3.63, 3.8) is 0 Å². The van der Waals surface area contributed by atoms with E-state index in [1.54, 1.807) is 0 Å². The van der Waals surface area contributed by atoms with Gasteiger partial charge in [-0.2, -0.15) is 0 Å². The van der Waals surface area contributed by atoms with E-state index in [0.29, 0.717) is 78.5 Å². The number of hydrogen-bond acceptors (Lipinski definition) is 7. The van der Waals surface area contributed by atoms with Crippen molar-refractivity contribution >= 4 is 32.3 Å². The van der Waals surface area contributed by atoms with Gasteiger partial charge in [0.1, 0.15) is 36.2 Å². The molecule has 0 saturated carbocycles. The monoisotopic (exact) mass is 879 g/mol. The van der Waals surface area contributed by atoms with Gasteiger partial charge in [0.15, 0.2) is 0 Å². The summed E-state index contributed by atoms with van der Waals surface area (Å²) in [7, 11) is 0. The number of nitrogens with zero attached hydrogens (tertiary/aromatic N) is 1. The summed E-state index contributed by atoms with van der Waals surface area (Å²) < 4.78 is 39.9. The topological polar surface area (TPSA) is 58.6 Å². The Kier molecular flexibility index (Phi) is 13.6. The second-order valence-corrected chi connectivity index (χ2v) is 17.8. The van der Waals surface area contributed by atoms with Gasteiger partial charge in [0.05, 0.1) is 39.6 Å². The van der Waals surface area contributed by atoms with E-state index in [0.717, 1.165) is 100.0 Å². The average Bonchev–Trinajstić information content (AvgIpc) is 3.33. The zero-order valence-electron chi connectivity index (χ0n) is 38.5. The molecule has 0 N–H and O–H groups in total. The molecule has 7 nitrogen and oxygen atoms in total. The molecule has 338 valence electrons. The van der Waals surface area contributed by atoms with Crippen LogP contribution in [0.15, 0.2) is 127 Å². The van der Waals surface area contributed by atoms with Crippen LogP contribution in [-0.4, -0.2) is 70.8 Å². The smallest absolute Gasteiger partial charge is 0.126 e. The first-order chi connectivity index (χ1) is 32.6. The van der Waals surface area contributed by atoms with Gasteiger partial charge in [-0.1, -0.05) is 141 Å². The van der Waals surface area contributed by atoms with E-state index in [1.807, 2.05) is 0 Å². The predicted octanol–water partition coefficient (Wildman–Crippen LogP) is 12.1. The van der Waals surface area contributed by atoms with Crippen LogP contribution in [0, 0.1) is 0 Å². The van der Waals surface area contributed by atoms with E-state index in [9.17, 15) is 0 Å². The lowest BCUT2D eigenvalue weighted by Gasteiger charge is -2.24. The van der Waals surface area contributed by atoms with Crippen molar-refractivity contribution < 1.29 is 28.4 Å². The van der Waals surface area contributed by atoms with Crippen LogP contribution < -0.4 is 18.9 Å². The Morgan fingerprint density at radius 3 is 1.30 bits per heavy atom. The molecule has 10 bridgehead atoms. The van der Waals surface area contributed by atoms with E-state index in [2.05, 4.69) is 146 Å². The molecule has 8 aromatic carbocycles. The van der Waals surface area contributed by atoms with Crippen molar-refractivity contribution in [2.45, 2.75) is 58.9 Å². The third-order valence-corrected chi connectivity index (χ3v) is 13.2. The lowest BCUT2D eigenvalue weighted by molar-refractivity contribution is 0.0532. The van der Waals surface area contributed by atoms with Crippen LogP contribution in [0.1, 0.15) is 76.8 Å². The molecule has 2 aliphatic heterocycles. The fraction of sp³-hybridized carbons (Fsp3) is 0.322. The Balaban J connectivity index is 1.01. The normalized spacial score (nSPS) is 15.4.